The topological polar surface area (TPSA) is 104 Å². The fourth-order valence-corrected chi connectivity index (χ4v) is 6.63. The maximum Gasteiger partial charge on any atom is 0.250 e. The van der Waals surface area contributed by atoms with E-state index >= 15 is 0 Å². The largest absolute Gasteiger partial charge is 0.497 e. The number of amides is 3. The number of hydrogen-bond donors (Lipinski definition) is 3. The molecular formula is C30H26N4O4. The summed E-state index contributed by atoms with van der Waals surface area (Å²) in [7, 11) is 1.54. The van der Waals surface area contributed by atoms with Crippen LogP contribution in [0.3, 0.4) is 0 Å². The number of aromatic amines is 1. The normalized spacial score (nSPS) is 25.8. The lowest BCUT2D eigenvalue weighted by Gasteiger charge is -2.29. The van der Waals surface area contributed by atoms with Crippen molar-refractivity contribution in [3.05, 3.63) is 89.6 Å². The molecule has 4 aromatic rings. The second kappa shape index (κ2) is 8.03. The summed E-state index contributed by atoms with van der Waals surface area (Å²) in [5.41, 5.74) is 3.47. The van der Waals surface area contributed by atoms with E-state index in [1.165, 1.54) is 4.90 Å². The molecule has 3 aliphatic rings. The van der Waals surface area contributed by atoms with E-state index in [-0.39, 0.29) is 17.7 Å². The van der Waals surface area contributed by atoms with Gasteiger partial charge in [-0.15, -0.1) is 0 Å². The van der Waals surface area contributed by atoms with E-state index < -0.39 is 23.4 Å². The second-order valence-corrected chi connectivity index (χ2v) is 10.3. The van der Waals surface area contributed by atoms with Crippen LogP contribution in [0.5, 0.6) is 5.75 Å². The minimum absolute atomic E-state index is 0.303. The fraction of sp³-hybridized carbons (Fsp3) is 0.233. The standard InChI is InChI=1S/C30H26N4O4/c1-16-10-11-23-21(12-16)30(29(37)32-23)26-25(24(33-30)13-17-15-31-22-9-4-3-8-20(17)22)27(35)34(28(26)36)18-6-5-7-19(14-18)38-2/h3-12,14-15,24-26,31,33H,13H2,1-2H3,(H,32,37)/t24-,25-,26+,30-/m1/s1. The summed E-state index contributed by atoms with van der Waals surface area (Å²) in [5.74, 6) is -2.06. The first kappa shape index (κ1) is 22.7. The molecule has 8 nitrogen and oxygen atoms in total. The number of para-hydroxylation sites is 1. The van der Waals surface area contributed by atoms with Gasteiger partial charge in [0.15, 0.2) is 0 Å². The number of fused-ring (bicyclic) bond motifs is 5. The number of aryl methyl sites for hydroxylation is 1. The van der Waals surface area contributed by atoms with Gasteiger partial charge in [-0.1, -0.05) is 42.0 Å². The average molecular weight is 507 g/mol. The van der Waals surface area contributed by atoms with Gasteiger partial charge < -0.3 is 15.0 Å². The zero-order valence-corrected chi connectivity index (χ0v) is 20.9. The van der Waals surface area contributed by atoms with Gasteiger partial charge in [0.05, 0.1) is 24.6 Å². The van der Waals surface area contributed by atoms with E-state index in [9.17, 15) is 14.4 Å². The fourth-order valence-electron chi connectivity index (χ4n) is 6.63. The summed E-state index contributed by atoms with van der Waals surface area (Å²) in [6.07, 6.45) is 2.42. The van der Waals surface area contributed by atoms with E-state index in [4.69, 9.17) is 4.74 Å². The molecule has 38 heavy (non-hydrogen) atoms. The quantitative estimate of drug-likeness (QED) is 0.367. The maximum atomic E-state index is 14.2. The molecule has 1 spiro atoms. The molecule has 2 fully saturated rings. The third kappa shape index (κ3) is 2.98. The molecule has 4 heterocycles. The van der Waals surface area contributed by atoms with Crippen molar-refractivity contribution < 1.29 is 19.1 Å². The van der Waals surface area contributed by atoms with E-state index in [0.29, 0.717) is 29.1 Å². The Kier molecular flexibility index (Phi) is 4.81. The maximum absolute atomic E-state index is 14.2. The molecule has 190 valence electrons. The van der Waals surface area contributed by atoms with Crippen LogP contribution in [-0.2, 0) is 26.3 Å². The van der Waals surface area contributed by atoms with Crippen LogP contribution in [-0.4, -0.2) is 35.9 Å². The number of rotatable bonds is 4. The molecule has 3 aliphatic heterocycles. The summed E-state index contributed by atoms with van der Waals surface area (Å²) in [6.45, 7) is 1.96. The van der Waals surface area contributed by atoms with Gasteiger partial charge in [-0.05, 0) is 43.2 Å². The minimum Gasteiger partial charge on any atom is -0.497 e. The number of nitrogens with zero attached hydrogens (tertiary/aromatic N) is 1. The van der Waals surface area contributed by atoms with E-state index in [1.807, 2.05) is 55.6 Å². The van der Waals surface area contributed by atoms with Gasteiger partial charge in [-0.25, -0.2) is 4.90 Å². The molecule has 8 heteroatoms. The number of methoxy groups -OCH3 is 1. The lowest BCUT2D eigenvalue weighted by atomic mass is 9.76. The van der Waals surface area contributed by atoms with Crippen molar-refractivity contribution >= 4 is 40.0 Å². The number of ether oxygens (including phenoxy) is 1. The highest BCUT2D eigenvalue weighted by atomic mass is 16.5. The first-order chi connectivity index (χ1) is 18.4. The van der Waals surface area contributed by atoms with Crippen molar-refractivity contribution in [1.82, 2.24) is 10.3 Å². The SMILES string of the molecule is COc1cccc(N2C(=O)[C@H]3[C@@H](C2=O)[C@@]2(N[C@@H]3Cc3c[nH]c4ccccc34)C(=O)Nc3ccc(C)cc32)c1. The Morgan fingerprint density at radius 2 is 1.82 bits per heavy atom. The van der Waals surface area contributed by atoms with Crippen LogP contribution < -0.4 is 20.3 Å². The molecule has 0 unspecified atom stereocenters. The molecular weight excluding hydrogens is 480 g/mol. The zero-order chi connectivity index (χ0) is 26.2. The number of H-pyrrole nitrogens is 1. The predicted molar refractivity (Wildman–Crippen MR) is 143 cm³/mol. The van der Waals surface area contributed by atoms with Crippen LogP contribution in [0.15, 0.2) is 72.9 Å². The molecule has 0 saturated carbocycles. The molecule has 0 aliphatic carbocycles. The van der Waals surface area contributed by atoms with Gasteiger partial charge in [0.25, 0.3) is 0 Å². The number of imide groups is 1. The lowest BCUT2D eigenvalue weighted by molar-refractivity contribution is -0.130. The van der Waals surface area contributed by atoms with Gasteiger partial charge >= 0.3 is 0 Å². The summed E-state index contributed by atoms with van der Waals surface area (Å²) in [6, 6.07) is 20.2. The molecule has 3 amide bonds. The van der Waals surface area contributed by atoms with Gasteiger partial charge in [0, 0.05) is 40.5 Å². The molecule has 2 saturated heterocycles. The number of carbonyl (C=O) groups excluding carboxylic acids is 3. The first-order valence-corrected chi connectivity index (χ1v) is 12.7. The minimum atomic E-state index is -1.34. The van der Waals surface area contributed by atoms with Crippen molar-refractivity contribution in [3.63, 3.8) is 0 Å². The third-order valence-corrected chi connectivity index (χ3v) is 8.30. The molecule has 3 N–H and O–H groups in total. The molecule has 1 aromatic heterocycles. The van der Waals surface area contributed by atoms with Crippen molar-refractivity contribution in [2.75, 3.05) is 17.3 Å². The van der Waals surface area contributed by atoms with Gasteiger partial charge in [0.2, 0.25) is 17.7 Å². The zero-order valence-electron chi connectivity index (χ0n) is 20.9. The van der Waals surface area contributed by atoms with Crippen molar-refractivity contribution in [2.24, 2.45) is 11.8 Å². The van der Waals surface area contributed by atoms with Crippen LogP contribution in [0.25, 0.3) is 10.9 Å². The third-order valence-electron chi connectivity index (χ3n) is 8.30. The Labute approximate surface area is 219 Å². The Bertz CT molecular complexity index is 1660. The Balaban J connectivity index is 1.38. The van der Waals surface area contributed by atoms with Crippen molar-refractivity contribution in [1.29, 1.82) is 0 Å². The Hall–Kier alpha value is -4.43. The lowest BCUT2D eigenvalue weighted by Crippen LogP contribution is -2.53. The van der Waals surface area contributed by atoms with Crippen LogP contribution in [0.4, 0.5) is 11.4 Å². The summed E-state index contributed by atoms with van der Waals surface area (Å²) < 4.78 is 5.35. The predicted octanol–water partition coefficient (Wildman–Crippen LogP) is 3.65. The monoisotopic (exact) mass is 506 g/mol. The van der Waals surface area contributed by atoms with Crippen molar-refractivity contribution in [3.8, 4) is 5.75 Å². The second-order valence-electron chi connectivity index (χ2n) is 10.3. The summed E-state index contributed by atoms with van der Waals surface area (Å²) >= 11 is 0. The molecule has 7 rings (SSSR count). The smallest absolute Gasteiger partial charge is 0.250 e. The summed E-state index contributed by atoms with van der Waals surface area (Å²) in [5, 5.41) is 7.57. The van der Waals surface area contributed by atoms with Crippen LogP contribution in [0, 0.1) is 18.8 Å². The number of anilines is 2. The molecule has 0 bridgehead atoms. The first-order valence-electron chi connectivity index (χ1n) is 12.7. The van der Waals surface area contributed by atoms with E-state index in [1.54, 1.807) is 31.4 Å². The van der Waals surface area contributed by atoms with Gasteiger partial charge in [0.1, 0.15) is 11.3 Å². The van der Waals surface area contributed by atoms with Crippen molar-refractivity contribution in [2.45, 2.75) is 24.9 Å². The molecule has 4 atom stereocenters. The van der Waals surface area contributed by atoms with Crippen LogP contribution in [0.1, 0.15) is 16.7 Å². The Morgan fingerprint density at radius 1 is 0.974 bits per heavy atom. The highest BCUT2D eigenvalue weighted by Crippen LogP contribution is 2.54. The van der Waals surface area contributed by atoms with Gasteiger partial charge in [-0.3, -0.25) is 19.7 Å². The average Bonchev–Trinajstić information content (AvgIpc) is 3.63. The highest BCUT2D eigenvalue weighted by molar-refractivity contribution is 6.26. The number of benzene rings is 3. The van der Waals surface area contributed by atoms with Crippen LogP contribution in [0.2, 0.25) is 0 Å². The van der Waals surface area contributed by atoms with E-state index in [0.717, 1.165) is 22.0 Å². The Morgan fingerprint density at radius 3 is 2.66 bits per heavy atom. The van der Waals surface area contributed by atoms with Crippen LogP contribution >= 0.6 is 0 Å². The number of nitrogens with one attached hydrogen (secondary N) is 3. The van der Waals surface area contributed by atoms with E-state index in [2.05, 4.69) is 15.6 Å². The number of aromatic nitrogens is 1. The number of hydrogen-bond acceptors (Lipinski definition) is 5. The summed E-state index contributed by atoms with van der Waals surface area (Å²) in [4.78, 5) is 46.6. The molecule has 0 radical (unpaired) electrons. The number of carbonyl (C=O) groups is 3. The van der Waals surface area contributed by atoms with Gasteiger partial charge in [-0.2, -0.15) is 0 Å². The highest BCUT2D eigenvalue weighted by Gasteiger charge is 2.70. The molecule has 3 aromatic carbocycles.